The van der Waals surface area contributed by atoms with Gasteiger partial charge in [-0.1, -0.05) is 21.1 Å². The van der Waals surface area contributed by atoms with E-state index in [0.717, 1.165) is 37.3 Å². The maximum Gasteiger partial charge on any atom is 0.0967 e. The highest BCUT2D eigenvalue weighted by Crippen LogP contribution is 2.12. The lowest BCUT2D eigenvalue weighted by Crippen LogP contribution is -2.45. The molecule has 2 rings (SSSR count). The Hall–Kier alpha value is -0.460. The summed E-state index contributed by atoms with van der Waals surface area (Å²) in [6.45, 7) is 3.43. The molecule has 1 saturated heterocycles. The molecule has 15 heavy (non-hydrogen) atoms. The van der Waals surface area contributed by atoms with E-state index in [9.17, 15) is 0 Å². The van der Waals surface area contributed by atoms with E-state index in [-0.39, 0.29) is 0 Å². The van der Waals surface area contributed by atoms with Gasteiger partial charge in [0.05, 0.1) is 18.9 Å². The zero-order chi connectivity index (χ0) is 10.7. The van der Waals surface area contributed by atoms with Crippen molar-refractivity contribution in [2.75, 3.05) is 25.1 Å². The first-order valence-electron chi connectivity index (χ1n) is 5.02. The maximum absolute atomic E-state index is 5.43. The largest absolute Gasteiger partial charge is 0.378 e. The quantitative estimate of drug-likeness (QED) is 0.749. The normalized spacial score (nSPS) is 23.2. The summed E-state index contributed by atoms with van der Waals surface area (Å²) < 4.78 is 7.17. The molecular weight excluding hydrogens is 260 g/mol. The molecule has 1 unspecified atom stereocenters. The molecule has 0 saturated carbocycles. The summed E-state index contributed by atoms with van der Waals surface area (Å²) in [5.74, 6) is 0. The molecule has 84 valence electrons. The van der Waals surface area contributed by atoms with Crippen LogP contribution in [0, 0.1) is 0 Å². The van der Waals surface area contributed by atoms with E-state index >= 15 is 0 Å². The summed E-state index contributed by atoms with van der Waals surface area (Å²) in [7, 11) is 1.89. The number of rotatable bonds is 3. The zero-order valence-corrected chi connectivity index (χ0v) is 10.4. The summed E-state index contributed by atoms with van der Waals surface area (Å²) in [6, 6.07) is 0.445. The second kappa shape index (κ2) is 5.05. The maximum atomic E-state index is 5.43. The lowest BCUT2D eigenvalue weighted by atomic mass is 10.2. The first-order valence-corrected chi connectivity index (χ1v) is 6.14. The zero-order valence-electron chi connectivity index (χ0n) is 8.77. The number of aryl methyl sites for hydroxylation is 1. The Morgan fingerprint density at radius 3 is 3.20 bits per heavy atom. The van der Waals surface area contributed by atoms with E-state index in [1.807, 2.05) is 13.2 Å². The molecule has 0 aliphatic carbocycles. The van der Waals surface area contributed by atoms with Crippen molar-refractivity contribution in [3.63, 3.8) is 0 Å². The number of ether oxygens (including phenoxy) is 1. The molecule has 1 aliphatic heterocycles. The van der Waals surface area contributed by atoms with Crippen molar-refractivity contribution in [1.29, 1.82) is 0 Å². The molecular formula is C9H15BrN4O. The number of morpholine rings is 1. The van der Waals surface area contributed by atoms with Gasteiger partial charge in [0.1, 0.15) is 0 Å². The second-order valence-corrected chi connectivity index (χ2v) is 4.38. The lowest BCUT2D eigenvalue weighted by molar-refractivity contribution is -0.00268. The van der Waals surface area contributed by atoms with Gasteiger partial charge >= 0.3 is 0 Å². The highest BCUT2D eigenvalue weighted by atomic mass is 79.9. The van der Waals surface area contributed by atoms with E-state index < -0.39 is 0 Å². The molecule has 1 aromatic rings. The monoisotopic (exact) mass is 274 g/mol. The van der Waals surface area contributed by atoms with Crippen LogP contribution in [0.3, 0.4) is 0 Å². The molecule has 1 aliphatic rings. The van der Waals surface area contributed by atoms with E-state index in [4.69, 9.17) is 4.74 Å². The van der Waals surface area contributed by atoms with Crippen molar-refractivity contribution in [2.24, 2.45) is 7.05 Å². The van der Waals surface area contributed by atoms with Gasteiger partial charge in [0, 0.05) is 37.7 Å². The SMILES string of the molecule is Cn1cc(CN2CCOCC2CBr)nn1. The van der Waals surface area contributed by atoms with Crippen molar-refractivity contribution in [3.8, 4) is 0 Å². The van der Waals surface area contributed by atoms with Crippen molar-refractivity contribution in [3.05, 3.63) is 11.9 Å². The summed E-state index contributed by atoms with van der Waals surface area (Å²) in [5, 5.41) is 8.96. The standard InChI is InChI=1S/C9H15BrN4O/c1-13-5-8(11-12-13)6-14-2-3-15-7-9(14)4-10/h5,9H,2-4,6-7H2,1H3. The Bertz CT molecular complexity index is 317. The summed E-state index contributed by atoms with van der Waals surface area (Å²) >= 11 is 3.51. The van der Waals surface area contributed by atoms with Crippen LogP contribution in [0.2, 0.25) is 0 Å². The molecule has 0 N–H and O–H groups in total. The molecule has 1 fully saturated rings. The Morgan fingerprint density at radius 1 is 1.67 bits per heavy atom. The Kier molecular flexibility index (Phi) is 3.71. The molecule has 0 amide bonds. The summed E-state index contributed by atoms with van der Waals surface area (Å²) in [5.41, 5.74) is 1.02. The van der Waals surface area contributed by atoms with Gasteiger partial charge in [0.2, 0.25) is 0 Å². The van der Waals surface area contributed by atoms with Crippen LogP contribution in [0.25, 0.3) is 0 Å². The van der Waals surface area contributed by atoms with Crippen molar-refractivity contribution in [2.45, 2.75) is 12.6 Å². The number of nitrogens with zero attached hydrogens (tertiary/aromatic N) is 4. The van der Waals surface area contributed by atoms with Crippen LogP contribution < -0.4 is 0 Å². The molecule has 6 heteroatoms. The predicted molar refractivity (Wildman–Crippen MR) is 59.8 cm³/mol. The van der Waals surface area contributed by atoms with Crippen LogP contribution in [-0.2, 0) is 18.3 Å². The fourth-order valence-corrected chi connectivity index (χ4v) is 2.31. The molecule has 0 spiro atoms. The van der Waals surface area contributed by atoms with Gasteiger partial charge in [-0.2, -0.15) is 0 Å². The van der Waals surface area contributed by atoms with Crippen LogP contribution in [0.5, 0.6) is 0 Å². The third-order valence-corrected chi connectivity index (χ3v) is 3.29. The van der Waals surface area contributed by atoms with Crippen molar-refractivity contribution < 1.29 is 4.74 Å². The van der Waals surface area contributed by atoms with Crippen LogP contribution in [0.15, 0.2) is 6.20 Å². The third-order valence-electron chi connectivity index (χ3n) is 2.54. The molecule has 0 aromatic carbocycles. The van der Waals surface area contributed by atoms with E-state index in [1.54, 1.807) is 4.68 Å². The van der Waals surface area contributed by atoms with Crippen LogP contribution in [0.1, 0.15) is 5.69 Å². The van der Waals surface area contributed by atoms with Gasteiger partial charge in [-0.25, -0.2) is 0 Å². The summed E-state index contributed by atoms with van der Waals surface area (Å²) in [4.78, 5) is 2.38. The number of alkyl halides is 1. The number of hydrogen-bond donors (Lipinski definition) is 0. The van der Waals surface area contributed by atoms with Crippen LogP contribution >= 0.6 is 15.9 Å². The summed E-state index contributed by atoms with van der Waals surface area (Å²) in [6.07, 6.45) is 1.96. The molecule has 1 aromatic heterocycles. The Morgan fingerprint density at radius 2 is 2.53 bits per heavy atom. The highest BCUT2D eigenvalue weighted by molar-refractivity contribution is 9.09. The van der Waals surface area contributed by atoms with E-state index in [0.29, 0.717) is 6.04 Å². The van der Waals surface area contributed by atoms with Gasteiger partial charge in [0.25, 0.3) is 0 Å². The molecule has 1 atom stereocenters. The van der Waals surface area contributed by atoms with Crippen molar-refractivity contribution >= 4 is 15.9 Å². The van der Waals surface area contributed by atoms with Crippen LogP contribution in [-0.4, -0.2) is 51.0 Å². The van der Waals surface area contributed by atoms with Gasteiger partial charge in [-0.05, 0) is 0 Å². The first kappa shape index (κ1) is 11.0. The molecule has 5 nitrogen and oxygen atoms in total. The minimum Gasteiger partial charge on any atom is -0.378 e. The van der Waals surface area contributed by atoms with Crippen molar-refractivity contribution in [1.82, 2.24) is 19.9 Å². The second-order valence-electron chi connectivity index (χ2n) is 3.74. The Balaban J connectivity index is 1.97. The minimum atomic E-state index is 0.445. The molecule has 2 heterocycles. The lowest BCUT2D eigenvalue weighted by Gasteiger charge is -2.33. The number of halogens is 1. The smallest absolute Gasteiger partial charge is 0.0967 e. The van der Waals surface area contributed by atoms with E-state index in [1.165, 1.54) is 0 Å². The first-order chi connectivity index (χ1) is 7.29. The Labute approximate surface area is 97.5 Å². The third kappa shape index (κ3) is 2.76. The van der Waals surface area contributed by atoms with Gasteiger partial charge in [-0.15, -0.1) is 5.10 Å². The fraction of sp³-hybridized carbons (Fsp3) is 0.778. The fourth-order valence-electron chi connectivity index (χ4n) is 1.72. The average molecular weight is 275 g/mol. The highest BCUT2D eigenvalue weighted by Gasteiger charge is 2.22. The molecule has 0 radical (unpaired) electrons. The number of hydrogen-bond acceptors (Lipinski definition) is 4. The van der Waals surface area contributed by atoms with Gasteiger partial charge < -0.3 is 4.74 Å². The topological polar surface area (TPSA) is 43.2 Å². The van der Waals surface area contributed by atoms with E-state index in [2.05, 4.69) is 31.1 Å². The van der Waals surface area contributed by atoms with Gasteiger partial charge in [-0.3, -0.25) is 9.58 Å². The van der Waals surface area contributed by atoms with Crippen LogP contribution in [0.4, 0.5) is 0 Å². The van der Waals surface area contributed by atoms with Gasteiger partial charge in [0.15, 0.2) is 0 Å². The minimum absolute atomic E-state index is 0.445. The number of aromatic nitrogens is 3. The average Bonchev–Trinajstić information content (AvgIpc) is 2.65. The molecule has 0 bridgehead atoms. The predicted octanol–water partition coefficient (Wildman–Crippen LogP) is 0.411.